The maximum Gasteiger partial charge on any atom is 0.416 e. The third-order valence-corrected chi connectivity index (χ3v) is 7.24. The number of rotatable bonds is 7. The maximum absolute atomic E-state index is 13.2. The van der Waals surface area contributed by atoms with Crippen LogP contribution in [0.4, 0.5) is 13.2 Å². The van der Waals surface area contributed by atoms with Gasteiger partial charge >= 0.3 is 6.18 Å². The van der Waals surface area contributed by atoms with Gasteiger partial charge in [0, 0.05) is 56.8 Å². The number of aromatic amines is 1. The SMILES string of the molecule is CSc1ccc(-c2[nH]c(-c3ccc(C(F)(F)F)cc3)cc2C(=O)NCCN2CCN(C(C)=O)CC2)cc1. The number of carbonyl (C=O) groups excluding carboxylic acids is 2. The minimum absolute atomic E-state index is 0.0716. The number of thioether (sulfide) groups is 1. The highest BCUT2D eigenvalue weighted by atomic mass is 32.2. The molecule has 2 N–H and O–H groups in total. The molecule has 0 saturated carbocycles. The largest absolute Gasteiger partial charge is 0.416 e. The second-order valence-corrected chi connectivity index (χ2v) is 9.76. The third kappa shape index (κ3) is 6.56. The van der Waals surface area contributed by atoms with Crippen LogP contribution in [0.15, 0.2) is 59.5 Å². The number of nitrogens with one attached hydrogen (secondary N) is 2. The van der Waals surface area contributed by atoms with Gasteiger partial charge in [-0.05, 0) is 47.7 Å². The van der Waals surface area contributed by atoms with Crippen LogP contribution in [0, 0.1) is 0 Å². The van der Waals surface area contributed by atoms with E-state index in [2.05, 4.69) is 15.2 Å². The lowest BCUT2D eigenvalue weighted by Crippen LogP contribution is -2.49. The molecule has 4 rings (SSSR count). The summed E-state index contributed by atoms with van der Waals surface area (Å²) in [4.78, 5) is 33.1. The van der Waals surface area contributed by atoms with E-state index in [1.54, 1.807) is 24.8 Å². The minimum atomic E-state index is -4.41. The Morgan fingerprint density at radius 1 is 0.973 bits per heavy atom. The summed E-state index contributed by atoms with van der Waals surface area (Å²) in [5, 5.41) is 2.97. The number of nitrogens with zero attached hydrogens (tertiary/aromatic N) is 2. The lowest BCUT2D eigenvalue weighted by molar-refractivity contribution is -0.137. The second-order valence-electron chi connectivity index (χ2n) is 8.88. The van der Waals surface area contributed by atoms with Crippen molar-refractivity contribution in [1.29, 1.82) is 0 Å². The van der Waals surface area contributed by atoms with E-state index in [1.807, 2.05) is 35.4 Å². The molecule has 6 nitrogen and oxygen atoms in total. The molecule has 2 aromatic carbocycles. The fraction of sp³-hybridized carbons (Fsp3) is 0.333. The lowest BCUT2D eigenvalue weighted by Gasteiger charge is -2.34. The monoisotopic (exact) mass is 530 g/mol. The number of aromatic nitrogens is 1. The van der Waals surface area contributed by atoms with Gasteiger partial charge < -0.3 is 15.2 Å². The fourth-order valence-corrected chi connectivity index (χ4v) is 4.73. The van der Waals surface area contributed by atoms with Crippen LogP contribution in [0.3, 0.4) is 0 Å². The first-order valence-corrected chi connectivity index (χ1v) is 13.2. The zero-order chi connectivity index (χ0) is 26.6. The first kappa shape index (κ1) is 26.8. The highest BCUT2D eigenvalue weighted by Crippen LogP contribution is 2.33. The van der Waals surface area contributed by atoms with Crippen LogP contribution in [-0.2, 0) is 11.0 Å². The molecule has 10 heteroatoms. The van der Waals surface area contributed by atoms with Crippen molar-refractivity contribution in [2.75, 3.05) is 45.5 Å². The minimum Gasteiger partial charge on any atom is -0.354 e. The number of amides is 2. The van der Waals surface area contributed by atoms with Crippen molar-refractivity contribution < 1.29 is 22.8 Å². The number of piperazine rings is 1. The number of hydrogen-bond acceptors (Lipinski definition) is 4. The van der Waals surface area contributed by atoms with E-state index in [-0.39, 0.29) is 11.8 Å². The smallest absolute Gasteiger partial charge is 0.354 e. The Bertz CT molecular complexity index is 1230. The molecule has 2 heterocycles. The summed E-state index contributed by atoms with van der Waals surface area (Å²) in [6, 6.07) is 14.3. The Hall–Kier alpha value is -3.24. The van der Waals surface area contributed by atoms with E-state index in [1.165, 1.54) is 12.1 Å². The number of hydrogen-bond donors (Lipinski definition) is 2. The number of halogens is 3. The molecule has 0 radical (unpaired) electrons. The van der Waals surface area contributed by atoms with E-state index < -0.39 is 11.7 Å². The maximum atomic E-state index is 13.2. The Kier molecular flexibility index (Phi) is 8.29. The zero-order valence-electron chi connectivity index (χ0n) is 20.7. The summed E-state index contributed by atoms with van der Waals surface area (Å²) < 4.78 is 39.0. The van der Waals surface area contributed by atoms with Crippen molar-refractivity contribution >= 4 is 23.6 Å². The van der Waals surface area contributed by atoms with Crippen molar-refractivity contribution in [2.45, 2.75) is 18.0 Å². The Morgan fingerprint density at radius 3 is 2.16 bits per heavy atom. The molecule has 196 valence electrons. The molecule has 1 aliphatic heterocycles. The molecule has 0 bridgehead atoms. The van der Waals surface area contributed by atoms with Gasteiger partial charge in [0.2, 0.25) is 5.91 Å². The molecule has 0 aliphatic carbocycles. The van der Waals surface area contributed by atoms with E-state index in [0.717, 1.165) is 35.7 Å². The van der Waals surface area contributed by atoms with Crippen molar-refractivity contribution in [1.82, 2.24) is 20.1 Å². The number of alkyl halides is 3. The summed E-state index contributed by atoms with van der Waals surface area (Å²) in [7, 11) is 0. The van der Waals surface area contributed by atoms with E-state index >= 15 is 0 Å². The zero-order valence-corrected chi connectivity index (χ0v) is 21.5. The highest BCUT2D eigenvalue weighted by Gasteiger charge is 2.30. The molecule has 0 spiro atoms. The average molecular weight is 531 g/mol. The van der Waals surface area contributed by atoms with Gasteiger partial charge in [-0.15, -0.1) is 11.8 Å². The van der Waals surface area contributed by atoms with E-state index in [0.29, 0.717) is 48.7 Å². The molecule has 1 saturated heterocycles. The highest BCUT2D eigenvalue weighted by molar-refractivity contribution is 7.98. The third-order valence-electron chi connectivity index (χ3n) is 6.50. The van der Waals surface area contributed by atoms with Crippen molar-refractivity contribution in [3.05, 3.63) is 65.7 Å². The van der Waals surface area contributed by atoms with Crippen LogP contribution in [0.25, 0.3) is 22.5 Å². The summed E-state index contributed by atoms with van der Waals surface area (Å²) in [5.74, 6) is -0.192. The van der Waals surface area contributed by atoms with Crippen LogP contribution in [0.1, 0.15) is 22.8 Å². The molecule has 1 fully saturated rings. The van der Waals surface area contributed by atoms with Crippen molar-refractivity contribution in [2.24, 2.45) is 0 Å². The van der Waals surface area contributed by atoms with Gasteiger partial charge in [-0.1, -0.05) is 24.3 Å². The van der Waals surface area contributed by atoms with Gasteiger partial charge in [-0.25, -0.2) is 0 Å². The summed E-state index contributed by atoms with van der Waals surface area (Å²) >= 11 is 1.61. The fourth-order valence-electron chi connectivity index (χ4n) is 4.32. The molecule has 1 aromatic heterocycles. The van der Waals surface area contributed by atoms with Crippen LogP contribution < -0.4 is 5.32 Å². The Morgan fingerprint density at radius 2 is 1.59 bits per heavy atom. The normalized spacial score (nSPS) is 14.6. The van der Waals surface area contributed by atoms with Crippen LogP contribution >= 0.6 is 11.8 Å². The predicted molar refractivity (Wildman–Crippen MR) is 139 cm³/mol. The number of benzene rings is 2. The van der Waals surface area contributed by atoms with Gasteiger partial charge in [0.05, 0.1) is 16.8 Å². The quantitative estimate of drug-likeness (QED) is 0.423. The molecule has 0 unspecified atom stereocenters. The van der Waals surface area contributed by atoms with E-state index in [9.17, 15) is 22.8 Å². The van der Waals surface area contributed by atoms with Crippen LogP contribution in [0.2, 0.25) is 0 Å². The molecule has 0 atom stereocenters. The van der Waals surface area contributed by atoms with Gasteiger partial charge in [0.1, 0.15) is 0 Å². The molecule has 1 aliphatic rings. The molecule has 2 amide bonds. The summed E-state index contributed by atoms with van der Waals surface area (Å²) in [6.07, 6.45) is -2.44. The molecule has 37 heavy (non-hydrogen) atoms. The first-order chi connectivity index (χ1) is 17.7. The first-order valence-electron chi connectivity index (χ1n) is 12.0. The number of carbonyl (C=O) groups is 2. The Labute approximate surface area is 218 Å². The van der Waals surface area contributed by atoms with Crippen molar-refractivity contribution in [3.8, 4) is 22.5 Å². The van der Waals surface area contributed by atoms with Gasteiger partial charge in [-0.3, -0.25) is 14.5 Å². The summed E-state index contributed by atoms with van der Waals surface area (Å²) in [6.45, 7) is 5.52. The van der Waals surface area contributed by atoms with Gasteiger partial charge in [0.15, 0.2) is 0 Å². The predicted octanol–water partition coefficient (Wildman–Crippen LogP) is 4.98. The standard InChI is InChI=1S/C27H29F3N4O2S/c1-18(35)34-15-13-33(14-16-34)12-11-31-26(36)23-17-24(19-3-7-21(8-4-19)27(28,29)30)32-25(23)20-5-9-22(37-2)10-6-20/h3-10,17,32H,11-16H2,1-2H3,(H,31,36). The molecular formula is C27H29F3N4O2S. The molecular weight excluding hydrogens is 501 g/mol. The topological polar surface area (TPSA) is 68.4 Å². The Balaban J connectivity index is 1.52. The van der Waals surface area contributed by atoms with Crippen LogP contribution in [0.5, 0.6) is 0 Å². The van der Waals surface area contributed by atoms with Crippen molar-refractivity contribution in [3.63, 3.8) is 0 Å². The van der Waals surface area contributed by atoms with Crippen LogP contribution in [-0.4, -0.2) is 72.1 Å². The average Bonchev–Trinajstić information content (AvgIpc) is 3.34. The van der Waals surface area contributed by atoms with Gasteiger partial charge in [-0.2, -0.15) is 13.2 Å². The number of H-pyrrole nitrogens is 1. The van der Waals surface area contributed by atoms with E-state index in [4.69, 9.17) is 0 Å². The van der Waals surface area contributed by atoms with Gasteiger partial charge in [0.25, 0.3) is 5.91 Å². The lowest BCUT2D eigenvalue weighted by atomic mass is 10.1. The molecule has 3 aromatic rings. The second kappa shape index (κ2) is 11.4. The summed E-state index contributed by atoms with van der Waals surface area (Å²) in [5.41, 5.74) is 2.23.